The topological polar surface area (TPSA) is 50.7 Å². The monoisotopic (exact) mass is 328 g/mol. The van der Waals surface area contributed by atoms with Gasteiger partial charge in [-0.1, -0.05) is 42.5 Å². The third-order valence-electron chi connectivity index (χ3n) is 3.19. The van der Waals surface area contributed by atoms with Crippen molar-refractivity contribution in [2.24, 2.45) is 5.10 Å². The number of benzene rings is 2. The number of carbonyl (C=O) groups is 1. The smallest absolute Gasteiger partial charge is 0.252 e. The third kappa shape index (κ3) is 5.79. The fourth-order valence-electron chi connectivity index (χ4n) is 1.85. The van der Waals surface area contributed by atoms with E-state index in [1.54, 1.807) is 25.1 Å². The number of hydrazone groups is 1. The van der Waals surface area contributed by atoms with Gasteiger partial charge in [0.2, 0.25) is 0 Å². The van der Waals surface area contributed by atoms with Crippen molar-refractivity contribution in [3.63, 3.8) is 0 Å². The molecule has 0 aliphatic carbocycles. The summed E-state index contributed by atoms with van der Waals surface area (Å²) in [6.45, 7) is 1.88. The number of amides is 1. The summed E-state index contributed by atoms with van der Waals surface area (Å²) in [6, 6.07) is 17.6. The first kappa shape index (κ1) is 17.1. The van der Waals surface area contributed by atoms with Crippen molar-refractivity contribution in [3.8, 4) is 5.75 Å². The van der Waals surface area contributed by atoms with Crippen LogP contribution in [-0.2, 0) is 10.5 Å². The molecule has 1 atom stereocenters. The minimum atomic E-state index is -0.169. The second-order valence-electron chi connectivity index (χ2n) is 4.95. The normalized spacial score (nSPS) is 12.1. The van der Waals surface area contributed by atoms with E-state index in [0.29, 0.717) is 0 Å². The molecular formula is C18H20N2O2S. The minimum absolute atomic E-state index is 0.106. The predicted molar refractivity (Wildman–Crippen MR) is 95.9 cm³/mol. The Bertz CT molecular complexity index is 659. The molecule has 23 heavy (non-hydrogen) atoms. The van der Waals surface area contributed by atoms with Gasteiger partial charge in [-0.25, -0.2) is 5.43 Å². The molecule has 0 spiro atoms. The van der Waals surface area contributed by atoms with Gasteiger partial charge in [0.1, 0.15) is 5.75 Å². The van der Waals surface area contributed by atoms with Gasteiger partial charge in [0, 0.05) is 5.75 Å². The Morgan fingerprint density at radius 2 is 2.04 bits per heavy atom. The molecule has 1 amide bonds. The Balaban J connectivity index is 1.80. The van der Waals surface area contributed by atoms with Crippen molar-refractivity contribution in [1.29, 1.82) is 0 Å². The van der Waals surface area contributed by atoms with E-state index in [1.165, 1.54) is 5.56 Å². The lowest BCUT2D eigenvalue weighted by molar-refractivity contribution is -0.120. The van der Waals surface area contributed by atoms with Crippen LogP contribution < -0.4 is 10.2 Å². The lowest BCUT2D eigenvalue weighted by atomic mass is 10.2. The molecule has 120 valence electrons. The van der Waals surface area contributed by atoms with Crippen LogP contribution in [0.2, 0.25) is 0 Å². The summed E-state index contributed by atoms with van der Waals surface area (Å²) < 4.78 is 5.14. The Morgan fingerprint density at radius 1 is 1.26 bits per heavy atom. The molecule has 4 nitrogen and oxygen atoms in total. The molecule has 1 N–H and O–H groups in total. The Morgan fingerprint density at radius 3 is 2.78 bits per heavy atom. The average Bonchev–Trinajstić information content (AvgIpc) is 2.60. The van der Waals surface area contributed by atoms with E-state index in [1.807, 2.05) is 49.4 Å². The van der Waals surface area contributed by atoms with E-state index in [2.05, 4.69) is 22.7 Å². The molecule has 0 aliphatic rings. The van der Waals surface area contributed by atoms with E-state index in [0.717, 1.165) is 17.1 Å². The first-order valence-corrected chi connectivity index (χ1v) is 8.36. The van der Waals surface area contributed by atoms with Crippen molar-refractivity contribution in [3.05, 3.63) is 65.7 Å². The average molecular weight is 328 g/mol. The molecule has 2 aromatic rings. The maximum absolute atomic E-state index is 12.0. The highest BCUT2D eigenvalue weighted by Gasteiger charge is 2.12. The number of methoxy groups -OCH3 is 1. The van der Waals surface area contributed by atoms with Gasteiger partial charge in [0.05, 0.1) is 18.6 Å². The summed E-state index contributed by atoms with van der Waals surface area (Å²) in [5.41, 5.74) is 4.65. The summed E-state index contributed by atoms with van der Waals surface area (Å²) >= 11 is 1.58. The van der Waals surface area contributed by atoms with Gasteiger partial charge in [0.15, 0.2) is 0 Å². The highest BCUT2D eigenvalue weighted by atomic mass is 32.2. The molecule has 0 heterocycles. The summed E-state index contributed by atoms with van der Waals surface area (Å²) in [5, 5.41) is 3.83. The Hall–Kier alpha value is -2.27. The van der Waals surface area contributed by atoms with Crippen molar-refractivity contribution in [2.75, 3.05) is 7.11 Å². The maximum atomic E-state index is 12.0. The second kappa shape index (κ2) is 9.00. The molecule has 0 bridgehead atoms. The number of hydrogen-bond acceptors (Lipinski definition) is 4. The molecule has 2 rings (SSSR count). The summed E-state index contributed by atoms with van der Waals surface area (Å²) in [6.07, 6.45) is 1.61. The standard InChI is InChI=1S/C18H20N2O2S/c1-14(23-13-15-7-4-3-5-8-15)18(21)20-19-12-16-9-6-10-17(11-16)22-2/h3-12,14H,13H2,1-2H3,(H,20,21)/b19-12-/t14-/m1/s1. The third-order valence-corrected chi connectivity index (χ3v) is 4.41. The second-order valence-corrected chi connectivity index (χ2v) is 6.28. The van der Waals surface area contributed by atoms with E-state index >= 15 is 0 Å². The molecule has 2 aromatic carbocycles. The fourth-order valence-corrected chi connectivity index (χ4v) is 2.69. The molecular weight excluding hydrogens is 308 g/mol. The molecule has 0 aliphatic heterocycles. The van der Waals surface area contributed by atoms with Gasteiger partial charge >= 0.3 is 0 Å². The van der Waals surface area contributed by atoms with Crippen LogP contribution in [0.25, 0.3) is 0 Å². The zero-order valence-electron chi connectivity index (χ0n) is 13.2. The van der Waals surface area contributed by atoms with Crippen molar-refractivity contribution in [2.45, 2.75) is 17.9 Å². The van der Waals surface area contributed by atoms with E-state index in [9.17, 15) is 4.79 Å². The van der Waals surface area contributed by atoms with Crippen LogP contribution in [0.5, 0.6) is 5.75 Å². The fraction of sp³-hybridized carbons (Fsp3) is 0.222. The van der Waals surface area contributed by atoms with Gasteiger partial charge in [-0.15, -0.1) is 11.8 Å². The number of thioether (sulfide) groups is 1. The number of hydrogen-bond donors (Lipinski definition) is 1. The molecule has 5 heteroatoms. The highest BCUT2D eigenvalue weighted by Crippen LogP contribution is 2.17. The lowest BCUT2D eigenvalue weighted by Gasteiger charge is -2.09. The SMILES string of the molecule is COc1cccc(/C=N\NC(=O)[C@@H](C)SCc2ccccc2)c1. The largest absolute Gasteiger partial charge is 0.497 e. The van der Waals surface area contributed by atoms with Crippen LogP contribution in [0.1, 0.15) is 18.1 Å². The maximum Gasteiger partial charge on any atom is 0.252 e. The zero-order chi connectivity index (χ0) is 16.5. The van der Waals surface area contributed by atoms with E-state index in [-0.39, 0.29) is 11.2 Å². The van der Waals surface area contributed by atoms with Crippen LogP contribution in [0, 0.1) is 0 Å². The van der Waals surface area contributed by atoms with Gasteiger partial charge in [-0.2, -0.15) is 5.10 Å². The van der Waals surface area contributed by atoms with Gasteiger partial charge in [0.25, 0.3) is 5.91 Å². The number of nitrogens with zero attached hydrogens (tertiary/aromatic N) is 1. The van der Waals surface area contributed by atoms with Gasteiger partial charge in [-0.05, 0) is 30.2 Å². The van der Waals surface area contributed by atoms with Crippen LogP contribution in [0.3, 0.4) is 0 Å². The molecule has 0 aromatic heterocycles. The van der Waals surface area contributed by atoms with Crippen LogP contribution in [0.4, 0.5) is 0 Å². The first-order valence-electron chi connectivity index (χ1n) is 7.31. The van der Waals surface area contributed by atoms with E-state index < -0.39 is 0 Å². The molecule has 0 saturated heterocycles. The summed E-state index contributed by atoms with van der Waals surface area (Å²) in [5.74, 6) is 1.45. The lowest BCUT2D eigenvalue weighted by Crippen LogP contribution is -2.26. The molecule has 0 fully saturated rings. The van der Waals surface area contributed by atoms with Crippen LogP contribution >= 0.6 is 11.8 Å². The number of carbonyl (C=O) groups excluding carboxylic acids is 1. The van der Waals surface area contributed by atoms with Crippen molar-refractivity contribution in [1.82, 2.24) is 5.43 Å². The number of rotatable bonds is 7. The Kier molecular flexibility index (Phi) is 6.69. The quantitative estimate of drug-likeness (QED) is 0.625. The first-order chi connectivity index (χ1) is 11.2. The molecule has 0 radical (unpaired) electrons. The summed E-state index contributed by atoms with van der Waals surface area (Å²) in [7, 11) is 1.61. The highest BCUT2D eigenvalue weighted by molar-refractivity contribution is 7.99. The predicted octanol–water partition coefficient (Wildman–Crippen LogP) is 3.47. The minimum Gasteiger partial charge on any atom is -0.497 e. The number of ether oxygens (including phenoxy) is 1. The van der Waals surface area contributed by atoms with Gasteiger partial charge < -0.3 is 4.74 Å². The van der Waals surface area contributed by atoms with Crippen molar-refractivity contribution < 1.29 is 9.53 Å². The van der Waals surface area contributed by atoms with Gasteiger partial charge in [-0.3, -0.25) is 4.79 Å². The van der Waals surface area contributed by atoms with E-state index in [4.69, 9.17) is 4.74 Å². The van der Waals surface area contributed by atoms with Crippen molar-refractivity contribution >= 4 is 23.9 Å². The van der Waals surface area contributed by atoms with Crippen LogP contribution in [-0.4, -0.2) is 24.5 Å². The Labute approximate surface area is 140 Å². The van der Waals surface area contributed by atoms with Crippen LogP contribution in [0.15, 0.2) is 59.7 Å². The summed E-state index contributed by atoms with van der Waals surface area (Å²) in [4.78, 5) is 12.0. The molecule has 0 unspecified atom stereocenters. The number of nitrogens with one attached hydrogen (secondary N) is 1. The molecule has 0 saturated carbocycles. The zero-order valence-corrected chi connectivity index (χ0v) is 14.0.